The highest BCUT2D eigenvalue weighted by molar-refractivity contribution is 7.90. The Morgan fingerprint density at radius 3 is 2.79 bits per heavy atom. The number of sulfonamides is 1. The molecule has 0 bridgehead atoms. The topological polar surface area (TPSA) is 75.6 Å². The molecule has 4 rings (SSSR count). The van der Waals surface area contributed by atoms with E-state index in [0.29, 0.717) is 25.6 Å². The van der Waals surface area contributed by atoms with Crippen molar-refractivity contribution in [2.75, 3.05) is 31.6 Å². The van der Waals surface area contributed by atoms with Crippen LogP contribution in [-0.4, -0.2) is 66.3 Å². The van der Waals surface area contributed by atoms with Gasteiger partial charge in [-0.25, -0.2) is 18.4 Å². The van der Waals surface area contributed by atoms with Crippen LogP contribution in [0.3, 0.4) is 0 Å². The third-order valence-electron chi connectivity index (χ3n) is 5.41. The summed E-state index contributed by atoms with van der Waals surface area (Å²) < 4.78 is 33.0. The summed E-state index contributed by atoms with van der Waals surface area (Å²) in [7, 11) is -1.15. The first-order valence-corrected chi connectivity index (χ1v) is 10.1. The number of nitrogens with zero attached hydrogens (tertiary/aromatic N) is 4. The van der Waals surface area contributed by atoms with Gasteiger partial charge in [-0.3, -0.25) is 0 Å². The molecule has 1 aliphatic carbocycles. The number of likely N-dealkylation sites (N-methyl/N-ethyl adjacent to an activating group) is 1. The van der Waals surface area contributed by atoms with Crippen LogP contribution < -0.4 is 4.90 Å². The Labute approximate surface area is 143 Å². The van der Waals surface area contributed by atoms with Crippen LogP contribution >= 0.6 is 0 Å². The predicted molar refractivity (Wildman–Crippen MR) is 90.3 cm³/mol. The normalized spacial score (nSPS) is 31.5. The summed E-state index contributed by atoms with van der Waals surface area (Å²) in [5, 5.41) is -0.148. The number of ether oxygens (including phenoxy) is 1. The molecule has 1 aromatic rings. The fourth-order valence-corrected chi connectivity index (χ4v) is 5.79. The molecule has 3 aliphatic rings. The van der Waals surface area contributed by atoms with Crippen LogP contribution in [0.4, 0.5) is 5.95 Å². The average Bonchev–Trinajstić information content (AvgIpc) is 3.39. The summed E-state index contributed by atoms with van der Waals surface area (Å²) in [4.78, 5) is 10.6. The van der Waals surface area contributed by atoms with E-state index in [9.17, 15) is 8.42 Å². The van der Waals surface area contributed by atoms with Crippen LogP contribution in [-0.2, 0) is 14.8 Å². The van der Waals surface area contributed by atoms with Gasteiger partial charge < -0.3 is 9.64 Å². The number of hydrogen-bond donors (Lipinski definition) is 0. The highest BCUT2D eigenvalue weighted by Gasteiger charge is 2.49. The zero-order valence-corrected chi connectivity index (χ0v) is 14.8. The van der Waals surface area contributed by atoms with Crippen molar-refractivity contribution in [3.8, 4) is 0 Å². The lowest BCUT2D eigenvalue weighted by Gasteiger charge is -2.39. The number of piperidine rings is 1. The average molecular weight is 352 g/mol. The van der Waals surface area contributed by atoms with Crippen molar-refractivity contribution in [2.45, 2.75) is 49.0 Å². The van der Waals surface area contributed by atoms with Gasteiger partial charge in [0.15, 0.2) is 0 Å². The van der Waals surface area contributed by atoms with Crippen molar-refractivity contribution >= 4 is 16.0 Å². The van der Waals surface area contributed by atoms with Gasteiger partial charge in [-0.2, -0.15) is 4.31 Å². The van der Waals surface area contributed by atoms with Gasteiger partial charge in [0.2, 0.25) is 16.0 Å². The molecule has 8 heteroatoms. The van der Waals surface area contributed by atoms with Crippen molar-refractivity contribution in [2.24, 2.45) is 0 Å². The summed E-state index contributed by atoms with van der Waals surface area (Å²) in [6, 6.07) is 1.97. The molecule has 2 aliphatic heterocycles. The molecule has 0 radical (unpaired) electrons. The summed E-state index contributed by atoms with van der Waals surface area (Å²) in [6.07, 6.45) is 7.68. The van der Waals surface area contributed by atoms with Crippen LogP contribution in [0.5, 0.6) is 0 Å². The second-order valence-electron chi connectivity index (χ2n) is 7.19. The van der Waals surface area contributed by atoms with Gasteiger partial charge in [0.1, 0.15) is 0 Å². The van der Waals surface area contributed by atoms with E-state index >= 15 is 0 Å². The quantitative estimate of drug-likeness (QED) is 0.806. The van der Waals surface area contributed by atoms with E-state index in [-0.39, 0.29) is 16.9 Å². The molecule has 3 heterocycles. The largest absolute Gasteiger partial charge is 0.371 e. The fourth-order valence-electron chi connectivity index (χ4n) is 3.84. The highest BCUT2D eigenvalue weighted by atomic mass is 32.2. The monoisotopic (exact) mass is 352 g/mol. The van der Waals surface area contributed by atoms with Crippen molar-refractivity contribution < 1.29 is 13.2 Å². The molecule has 7 nitrogen and oxygen atoms in total. The number of rotatable bonds is 4. The molecule has 2 atom stereocenters. The number of anilines is 1. The van der Waals surface area contributed by atoms with Crippen LogP contribution in [0, 0.1) is 0 Å². The summed E-state index contributed by atoms with van der Waals surface area (Å²) in [5.74, 6) is 0.682. The third kappa shape index (κ3) is 2.91. The lowest BCUT2D eigenvalue weighted by molar-refractivity contribution is -0.0330. The molecule has 0 unspecified atom stereocenters. The molecular formula is C16H24N4O3S. The summed E-state index contributed by atoms with van der Waals surface area (Å²) in [6.45, 7) is 1.71. The molecule has 0 amide bonds. The second-order valence-corrected chi connectivity index (χ2v) is 9.41. The summed E-state index contributed by atoms with van der Waals surface area (Å²) >= 11 is 0. The number of aromatic nitrogens is 2. The van der Waals surface area contributed by atoms with Crippen LogP contribution in [0.1, 0.15) is 32.1 Å². The molecule has 0 aromatic carbocycles. The first kappa shape index (κ1) is 16.2. The van der Waals surface area contributed by atoms with Gasteiger partial charge in [-0.15, -0.1) is 0 Å². The summed E-state index contributed by atoms with van der Waals surface area (Å²) in [5.41, 5.74) is -0.353. The van der Waals surface area contributed by atoms with E-state index in [4.69, 9.17) is 4.74 Å². The standard InChI is InChI=1S/C16H24N4O3S/c1-19(15-17-7-3-8-18-15)13-10-16(23-11-13)6-2-9-20(12-16)24(21,22)14-4-5-14/h3,7-8,13-14H,2,4-6,9-12H2,1H3/t13-,16+/m1/s1. The first-order valence-electron chi connectivity index (χ1n) is 8.63. The van der Waals surface area contributed by atoms with Gasteiger partial charge in [-0.1, -0.05) is 0 Å². The maximum Gasteiger partial charge on any atom is 0.225 e. The van der Waals surface area contributed by atoms with Gasteiger partial charge in [-0.05, 0) is 31.7 Å². The van der Waals surface area contributed by atoms with Crippen molar-refractivity contribution in [3.63, 3.8) is 0 Å². The maximum atomic E-state index is 12.6. The molecule has 0 N–H and O–H groups in total. The molecule has 2 saturated heterocycles. The Kier molecular flexibility index (Phi) is 4.01. The number of hydrogen-bond acceptors (Lipinski definition) is 6. The predicted octanol–water partition coefficient (Wildman–Crippen LogP) is 1.03. The minimum Gasteiger partial charge on any atom is -0.371 e. The smallest absolute Gasteiger partial charge is 0.225 e. The zero-order valence-electron chi connectivity index (χ0n) is 14.0. The first-order chi connectivity index (χ1) is 11.5. The molecule has 1 spiro atoms. The minimum absolute atomic E-state index is 0.148. The van der Waals surface area contributed by atoms with Crippen LogP contribution in [0.25, 0.3) is 0 Å². The van der Waals surface area contributed by atoms with E-state index in [1.54, 1.807) is 22.8 Å². The lowest BCUT2D eigenvalue weighted by atomic mass is 9.89. The molecule has 24 heavy (non-hydrogen) atoms. The Morgan fingerprint density at radius 1 is 1.33 bits per heavy atom. The van der Waals surface area contributed by atoms with E-state index < -0.39 is 10.0 Å². The van der Waals surface area contributed by atoms with E-state index in [1.807, 2.05) is 11.9 Å². The fraction of sp³-hybridized carbons (Fsp3) is 0.750. The van der Waals surface area contributed by atoms with E-state index in [0.717, 1.165) is 32.1 Å². The van der Waals surface area contributed by atoms with Crippen molar-refractivity contribution in [3.05, 3.63) is 18.5 Å². The third-order valence-corrected chi connectivity index (χ3v) is 7.76. The van der Waals surface area contributed by atoms with Gasteiger partial charge in [0.25, 0.3) is 0 Å². The molecule has 1 aromatic heterocycles. The van der Waals surface area contributed by atoms with Gasteiger partial charge >= 0.3 is 0 Å². The Hall–Kier alpha value is -1.25. The van der Waals surface area contributed by atoms with Gasteiger partial charge in [0.05, 0.1) is 23.5 Å². The highest BCUT2D eigenvalue weighted by Crippen LogP contribution is 2.40. The van der Waals surface area contributed by atoms with Crippen LogP contribution in [0.15, 0.2) is 18.5 Å². The molecule has 132 valence electrons. The molecule has 1 saturated carbocycles. The maximum absolute atomic E-state index is 12.6. The SMILES string of the molecule is CN(c1ncccn1)[C@H]1CO[C@@]2(CCCN(S(=O)(=O)C3CC3)C2)C1. The second kappa shape index (κ2) is 5.93. The Balaban J connectivity index is 1.47. The van der Waals surface area contributed by atoms with Gasteiger partial charge in [0, 0.05) is 39.0 Å². The molecule has 3 fully saturated rings. The Morgan fingerprint density at radius 2 is 2.08 bits per heavy atom. The van der Waals surface area contributed by atoms with Crippen molar-refractivity contribution in [1.29, 1.82) is 0 Å². The van der Waals surface area contributed by atoms with E-state index in [2.05, 4.69) is 9.97 Å². The Bertz CT molecular complexity index is 695. The molecular weight excluding hydrogens is 328 g/mol. The lowest BCUT2D eigenvalue weighted by Crippen LogP contribution is -2.51. The van der Waals surface area contributed by atoms with Crippen LogP contribution in [0.2, 0.25) is 0 Å². The zero-order chi connectivity index (χ0) is 16.8. The van der Waals surface area contributed by atoms with Crippen molar-refractivity contribution in [1.82, 2.24) is 14.3 Å². The van der Waals surface area contributed by atoms with E-state index in [1.165, 1.54) is 0 Å². The minimum atomic E-state index is -3.13.